The van der Waals surface area contributed by atoms with Crippen molar-refractivity contribution >= 4 is 23.3 Å². The number of carboxylic acid groups (broad SMARTS) is 1. The van der Waals surface area contributed by atoms with Gasteiger partial charge in [0, 0.05) is 22.6 Å². The number of ketones is 1. The van der Waals surface area contributed by atoms with Crippen molar-refractivity contribution in [3.8, 4) is 22.7 Å². The number of hydrogen-bond donors (Lipinski definition) is 2. The zero-order valence-corrected chi connectivity index (χ0v) is 20.8. The third-order valence-electron chi connectivity index (χ3n) is 6.78. The largest absolute Gasteiger partial charge is 0.481 e. The zero-order valence-electron chi connectivity index (χ0n) is 20.8. The van der Waals surface area contributed by atoms with E-state index < -0.39 is 41.3 Å². The highest BCUT2D eigenvalue weighted by atomic mass is 19.4. The number of pyridine rings is 1. The lowest BCUT2D eigenvalue weighted by Gasteiger charge is -2.14. The molecule has 2 N–H and O–H groups in total. The lowest BCUT2D eigenvalue weighted by atomic mass is 9.88. The van der Waals surface area contributed by atoms with Crippen molar-refractivity contribution in [3.05, 3.63) is 89.9 Å². The van der Waals surface area contributed by atoms with Gasteiger partial charge in [-0.15, -0.1) is 0 Å². The standard InChI is InChI=1S/C29H22F3N3O5/c30-29(31,32)25-23(35-27(40-25)18-5-2-1-3-6-18)26(37)34-19-13-14-22(33-15-19)16-9-11-17(12-10-16)24(36)20-7-4-8-21(20)28(38)39/h1-3,5-6,9-15,20-21H,4,7-8H2,(H,34,37)(H,38,39)/t20?,21-/m1/s1. The van der Waals surface area contributed by atoms with Crippen molar-refractivity contribution in [2.24, 2.45) is 11.8 Å². The first-order valence-corrected chi connectivity index (χ1v) is 12.4. The van der Waals surface area contributed by atoms with Crippen LogP contribution in [0.15, 0.2) is 77.3 Å². The van der Waals surface area contributed by atoms with Crippen molar-refractivity contribution < 1.29 is 37.1 Å². The van der Waals surface area contributed by atoms with E-state index in [0.717, 1.165) is 0 Å². The van der Waals surface area contributed by atoms with Crippen LogP contribution >= 0.6 is 0 Å². The molecule has 11 heteroatoms. The number of carboxylic acids is 1. The van der Waals surface area contributed by atoms with Crippen molar-refractivity contribution in [1.29, 1.82) is 0 Å². The Morgan fingerprint density at radius 1 is 0.900 bits per heavy atom. The molecule has 4 aromatic rings. The van der Waals surface area contributed by atoms with Gasteiger partial charge >= 0.3 is 12.1 Å². The summed E-state index contributed by atoms with van der Waals surface area (Å²) < 4.78 is 45.6. The number of amides is 1. The molecule has 0 spiro atoms. The summed E-state index contributed by atoms with van der Waals surface area (Å²) in [5.74, 6) is -5.33. The van der Waals surface area contributed by atoms with Crippen LogP contribution in [-0.4, -0.2) is 32.7 Å². The van der Waals surface area contributed by atoms with Crippen molar-refractivity contribution in [3.63, 3.8) is 0 Å². The van der Waals surface area contributed by atoms with Crippen LogP contribution in [0.1, 0.15) is 45.9 Å². The highest BCUT2D eigenvalue weighted by Gasteiger charge is 2.42. The van der Waals surface area contributed by atoms with Gasteiger partial charge < -0.3 is 14.8 Å². The number of anilines is 1. The van der Waals surface area contributed by atoms with E-state index in [1.165, 1.54) is 24.4 Å². The van der Waals surface area contributed by atoms with Gasteiger partial charge in [0.1, 0.15) is 0 Å². The third kappa shape index (κ3) is 5.49. The Kier molecular flexibility index (Phi) is 7.20. The monoisotopic (exact) mass is 549 g/mol. The number of hydrogen-bond acceptors (Lipinski definition) is 6. The second kappa shape index (κ2) is 10.8. The molecule has 2 heterocycles. The fourth-order valence-corrected chi connectivity index (χ4v) is 4.79. The second-order valence-electron chi connectivity index (χ2n) is 9.37. The molecule has 1 fully saturated rings. The Morgan fingerprint density at radius 2 is 1.60 bits per heavy atom. The summed E-state index contributed by atoms with van der Waals surface area (Å²) in [5, 5.41) is 11.7. The molecule has 1 saturated carbocycles. The predicted molar refractivity (Wildman–Crippen MR) is 137 cm³/mol. The maximum atomic E-state index is 13.6. The minimum absolute atomic E-state index is 0.138. The number of benzene rings is 2. The van der Waals surface area contributed by atoms with Gasteiger partial charge in [0.15, 0.2) is 11.5 Å². The number of aliphatic carboxylic acids is 1. The summed E-state index contributed by atoms with van der Waals surface area (Å²) in [6.07, 6.45) is -1.93. The normalized spacial score (nSPS) is 17.0. The van der Waals surface area contributed by atoms with Crippen LogP contribution in [0.2, 0.25) is 0 Å². The summed E-state index contributed by atoms with van der Waals surface area (Å²) in [6, 6.07) is 17.5. The van der Waals surface area contributed by atoms with Crippen LogP contribution in [-0.2, 0) is 11.0 Å². The molecule has 204 valence electrons. The lowest BCUT2D eigenvalue weighted by Crippen LogP contribution is -2.25. The van der Waals surface area contributed by atoms with E-state index in [-0.39, 0.29) is 22.9 Å². The Labute approximate surface area is 225 Å². The summed E-state index contributed by atoms with van der Waals surface area (Å²) in [4.78, 5) is 45.1. The van der Waals surface area contributed by atoms with Gasteiger partial charge in [-0.1, -0.05) is 48.9 Å². The number of halogens is 3. The molecule has 8 nitrogen and oxygen atoms in total. The number of rotatable bonds is 7. The van der Waals surface area contributed by atoms with Gasteiger partial charge in [0.05, 0.1) is 23.5 Å². The van der Waals surface area contributed by atoms with Gasteiger partial charge in [-0.3, -0.25) is 19.4 Å². The number of aromatic nitrogens is 2. The number of Topliss-reactive ketones (excluding diaryl/α,β-unsaturated/α-hetero) is 1. The second-order valence-corrected chi connectivity index (χ2v) is 9.37. The van der Waals surface area contributed by atoms with E-state index in [4.69, 9.17) is 4.42 Å². The average Bonchev–Trinajstić information content (AvgIpc) is 3.62. The van der Waals surface area contributed by atoms with E-state index in [2.05, 4.69) is 15.3 Å². The van der Waals surface area contributed by atoms with Crippen LogP contribution in [0.4, 0.5) is 18.9 Å². The number of nitrogens with zero attached hydrogens (tertiary/aromatic N) is 2. The van der Waals surface area contributed by atoms with Gasteiger partial charge in [-0.2, -0.15) is 13.2 Å². The van der Waals surface area contributed by atoms with Gasteiger partial charge in [0.2, 0.25) is 11.7 Å². The minimum Gasteiger partial charge on any atom is -0.481 e. The Hall–Kier alpha value is -4.80. The Morgan fingerprint density at radius 3 is 2.23 bits per heavy atom. The van der Waals surface area contributed by atoms with Crippen LogP contribution < -0.4 is 5.32 Å². The summed E-state index contributed by atoms with van der Waals surface area (Å²) >= 11 is 0. The number of oxazole rings is 1. The van der Waals surface area contributed by atoms with Crippen molar-refractivity contribution in [2.75, 3.05) is 5.32 Å². The SMILES string of the molecule is O=C(Nc1ccc(-c2ccc(C(=O)C3CCC[C@H]3C(=O)O)cc2)nc1)c1nc(-c2ccccc2)oc1C(F)(F)F. The molecule has 1 amide bonds. The van der Waals surface area contributed by atoms with E-state index in [0.29, 0.717) is 36.1 Å². The van der Waals surface area contributed by atoms with Crippen molar-refractivity contribution in [1.82, 2.24) is 9.97 Å². The smallest absolute Gasteiger partial charge is 0.452 e. The molecule has 2 atom stereocenters. The van der Waals surface area contributed by atoms with E-state index in [9.17, 15) is 32.7 Å². The molecule has 0 radical (unpaired) electrons. The maximum Gasteiger partial charge on any atom is 0.452 e. The Bertz CT molecular complexity index is 1550. The number of carbonyl (C=O) groups is 3. The lowest BCUT2D eigenvalue weighted by molar-refractivity contribution is -0.153. The third-order valence-corrected chi connectivity index (χ3v) is 6.78. The highest BCUT2D eigenvalue weighted by Crippen LogP contribution is 2.36. The fourth-order valence-electron chi connectivity index (χ4n) is 4.79. The first kappa shape index (κ1) is 26.8. The average molecular weight is 550 g/mol. The summed E-state index contributed by atoms with van der Waals surface area (Å²) in [6.45, 7) is 0. The summed E-state index contributed by atoms with van der Waals surface area (Å²) in [5.41, 5.74) is 1.08. The summed E-state index contributed by atoms with van der Waals surface area (Å²) in [7, 11) is 0. The number of alkyl halides is 3. The predicted octanol–water partition coefficient (Wildman–Crippen LogP) is 6.36. The molecule has 0 saturated heterocycles. The topological polar surface area (TPSA) is 122 Å². The molecule has 40 heavy (non-hydrogen) atoms. The van der Waals surface area contributed by atoms with Crippen LogP contribution in [0.3, 0.4) is 0 Å². The molecule has 1 aliphatic rings. The highest BCUT2D eigenvalue weighted by molar-refractivity contribution is 6.04. The van der Waals surface area contributed by atoms with Crippen LogP contribution in [0.5, 0.6) is 0 Å². The van der Waals surface area contributed by atoms with Gasteiger partial charge in [-0.25, -0.2) is 4.98 Å². The molecular formula is C29H22F3N3O5. The molecule has 2 aromatic heterocycles. The maximum absolute atomic E-state index is 13.6. The molecule has 0 aliphatic heterocycles. The Balaban J connectivity index is 1.30. The molecule has 1 aliphatic carbocycles. The fraction of sp³-hybridized carbons (Fsp3) is 0.207. The van der Waals surface area contributed by atoms with Crippen molar-refractivity contribution in [2.45, 2.75) is 25.4 Å². The van der Waals surface area contributed by atoms with Crippen LogP contribution in [0.25, 0.3) is 22.7 Å². The molecular weight excluding hydrogens is 527 g/mol. The van der Waals surface area contributed by atoms with E-state index in [1.54, 1.807) is 48.5 Å². The molecule has 0 bridgehead atoms. The quantitative estimate of drug-likeness (QED) is 0.257. The molecule has 2 aromatic carbocycles. The number of nitrogens with one attached hydrogen (secondary N) is 1. The van der Waals surface area contributed by atoms with Gasteiger partial charge in [-0.05, 0) is 37.1 Å². The first-order chi connectivity index (χ1) is 19.1. The first-order valence-electron chi connectivity index (χ1n) is 12.4. The zero-order chi connectivity index (χ0) is 28.4. The van der Waals surface area contributed by atoms with Gasteiger partial charge in [0.25, 0.3) is 5.91 Å². The van der Waals surface area contributed by atoms with Crippen LogP contribution in [0, 0.1) is 11.8 Å². The minimum atomic E-state index is -4.94. The molecule has 1 unspecified atom stereocenters. The van der Waals surface area contributed by atoms with E-state index >= 15 is 0 Å². The molecule has 5 rings (SSSR count). The van der Waals surface area contributed by atoms with E-state index in [1.807, 2.05) is 0 Å². The number of carbonyl (C=O) groups excluding carboxylic acids is 2.